The average molecular weight is 206 g/mol. The van der Waals surface area contributed by atoms with Crippen molar-refractivity contribution in [3.8, 4) is 5.75 Å². The molecule has 2 heteroatoms. The minimum atomic E-state index is 0.200. The van der Waals surface area contributed by atoms with Gasteiger partial charge in [0.05, 0.1) is 6.10 Å². The largest absolute Gasteiger partial charge is 0.490 e. The third kappa shape index (κ3) is 2.00. The number of benzene rings is 1. The van der Waals surface area contributed by atoms with Crippen molar-refractivity contribution in [1.29, 1.82) is 0 Å². The van der Waals surface area contributed by atoms with E-state index in [2.05, 4.69) is 13.0 Å². The molecular formula is C13H18O2. The molecule has 2 nitrogen and oxygen atoms in total. The summed E-state index contributed by atoms with van der Waals surface area (Å²) in [5, 5.41) is 9.20. The Bertz CT molecular complexity index is 346. The molecule has 82 valence electrons. The number of aliphatic hydroxyl groups is 1. The Morgan fingerprint density at radius 1 is 1.53 bits per heavy atom. The molecule has 0 spiro atoms. The zero-order valence-corrected chi connectivity index (χ0v) is 9.36. The van der Waals surface area contributed by atoms with Crippen LogP contribution in [-0.4, -0.2) is 17.8 Å². The smallest absolute Gasteiger partial charge is 0.123 e. The van der Waals surface area contributed by atoms with Crippen LogP contribution in [0.15, 0.2) is 18.2 Å². The summed E-state index contributed by atoms with van der Waals surface area (Å²) in [5.41, 5.74) is 2.53. The van der Waals surface area contributed by atoms with Gasteiger partial charge in [0.25, 0.3) is 0 Å². The number of aliphatic hydroxyl groups excluding tert-OH is 1. The molecule has 0 aliphatic carbocycles. The summed E-state index contributed by atoms with van der Waals surface area (Å²) in [4.78, 5) is 0. The number of rotatable bonds is 2. The first-order chi connectivity index (χ1) is 7.22. The Labute approximate surface area is 90.9 Å². The molecule has 1 aromatic rings. The van der Waals surface area contributed by atoms with Crippen molar-refractivity contribution in [2.24, 2.45) is 0 Å². The second-order valence-electron chi connectivity index (χ2n) is 4.37. The Morgan fingerprint density at radius 2 is 2.33 bits per heavy atom. The summed E-state index contributed by atoms with van der Waals surface area (Å²) >= 11 is 0. The van der Waals surface area contributed by atoms with Crippen LogP contribution in [0.3, 0.4) is 0 Å². The Kier molecular flexibility index (Phi) is 2.96. The Morgan fingerprint density at radius 3 is 3.07 bits per heavy atom. The fourth-order valence-corrected chi connectivity index (χ4v) is 2.14. The van der Waals surface area contributed by atoms with Gasteiger partial charge in [-0.15, -0.1) is 0 Å². The van der Waals surface area contributed by atoms with Gasteiger partial charge in [-0.25, -0.2) is 0 Å². The molecule has 1 aliphatic heterocycles. The van der Waals surface area contributed by atoms with Crippen molar-refractivity contribution in [2.45, 2.75) is 38.7 Å². The van der Waals surface area contributed by atoms with E-state index in [9.17, 15) is 5.11 Å². The molecule has 0 amide bonds. The second kappa shape index (κ2) is 4.23. The fourth-order valence-electron chi connectivity index (χ4n) is 2.14. The number of ether oxygens (including phenoxy) is 1. The van der Waals surface area contributed by atoms with Crippen LogP contribution in [0.4, 0.5) is 0 Å². The lowest BCUT2D eigenvalue weighted by atomic mass is 9.91. The molecule has 0 fully saturated rings. The highest BCUT2D eigenvalue weighted by Gasteiger charge is 2.20. The van der Waals surface area contributed by atoms with E-state index in [1.54, 1.807) is 0 Å². The molecule has 2 rings (SSSR count). The van der Waals surface area contributed by atoms with Gasteiger partial charge in [0.2, 0.25) is 0 Å². The minimum Gasteiger partial charge on any atom is -0.490 e. The maximum Gasteiger partial charge on any atom is 0.123 e. The number of fused-ring (bicyclic) bond motifs is 1. The molecule has 15 heavy (non-hydrogen) atoms. The highest BCUT2D eigenvalue weighted by atomic mass is 16.5. The second-order valence-corrected chi connectivity index (χ2v) is 4.37. The van der Waals surface area contributed by atoms with Crippen molar-refractivity contribution in [3.63, 3.8) is 0 Å². The topological polar surface area (TPSA) is 29.5 Å². The molecule has 1 aromatic carbocycles. The summed E-state index contributed by atoms with van der Waals surface area (Å²) in [6, 6.07) is 6.13. The van der Waals surface area contributed by atoms with E-state index in [1.807, 2.05) is 19.1 Å². The quantitative estimate of drug-likeness (QED) is 0.805. The van der Waals surface area contributed by atoms with Crippen LogP contribution in [0.5, 0.6) is 5.75 Å². The third-order valence-electron chi connectivity index (χ3n) is 3.10. The zero-order valence-electron chi connectivity index (χ0n) is 9.36. The summed E-state index contributed by atoms with van der Waals surface area (Å²) in [7, 11) is 0. The van der Waals surface area contributed by atoms with Gasteiger partial charge in [0, 0.05) is 12.5 Å². The lowest BCUT2D eigenvalue weighted by molar-refractivity contribution is 0.191. The lowest BCUT2D eigenvalue weighted by Gasteiger charge is -2.26. The van der Waals surface area contributed by atoms with Crippen LogP contribution >= 0.6 is 0 Å². The summed E-state index contributed by atoms with van der Waals surface area (Å²) < 4.78 is 5.79. The first-order valence-corrected chi connectivity index (χ1v) is 5.61. The Hall–Kier alpha value is -1.02. The molecule has 2 unspecified atom stereocenters. The predicted molar refractivity (Wildman–Crippen MR) is 60.4 cm³/mol. The van der Waals surface area contributed by atoms with Gasteiger partial charge < -0.3 is 9.84 Å². The Balaban J connectivity index is 2.37. The zero-order chi connectivity index (χ0) is 10.8. The van der Waals surface area contributed by atoms with Gasteiger partial charge >= 0.3 is 0 Å². The summed E-state index contributed by atoms with van der Waals surface area (Å²) in [6.07, 6.45) is 2.45. The van der Waals surface area contributed by atoms with Gasteiger partial charge in [-0.2, -0.15) is 0 Å². The normalized spacial score (nSPS) is 21.7. The van der Waals surface area contributed by atoms with Crippen LogP contribution in [0.2, 0.25) is 0 Å². The molecular weight excluding hydrogens is 188 g/mol. The van der Waals surface area contributed by atoms with Crippen LogP contribution in [0.25, 0.3) is 0 Å². The van der Waals surface area contributed by atoms with E-state index < -0.39 is 0 Å². The van der Waals surface area contributed by atoms with E-state index in [-0.39, 0.29) is 12.5 Å². The molecule has 1 aliphatic rings. The predicted octanol–water partition coefficient (Wildman–Crippen LogP) is 2.50. The lowest BCUT2D eigenvalue weighted by Crippen LogP contribution is -2.20. The van der Waals surface area contributed by atoms with Crippen molar-refractivity contribution in [3.05, 3.63) is 29.3 Å². The molecule has 0 saturated carbocycles. The van der Waals surface area contributed by atoms with E-state index in [0.29, 0.717) is 6.10 Å². The average Bonchev–Trinajstić information content (AvgIpc) is 2.26. The number of hydrogen-bond acceptors (Lipinski definition) is 2. The van der Waals surface area contributed by atoms with Gasteiger partial charge in [-0.1, -0.05) is 19.1 Å². The van der Waals surface area contributed by atoms with E-state index in [0.717, 1.165) is 18.6 Å². The molecule has 0 aromatic heterocycles. The standard InChI is InChI=1S/C13H18O2/c1-9(8-14)11-4-3-5-13-12(11)7-6-10(2)15-13/h3-5,9-10,14H,6-8H2,1-2H3. The van der Waals surface area contributed by atoms with Crippen molar-refractivity contribution in [2.75, 3.05) is 6.61 Å². The third-order valence-corrected chi connectivity index (χ3v) is 3.10. The van der Waals surface area contributed by atoms with Gasteiger partial charge in [0.15, 0.2) is 0 Å². The van der Waals surface area contributed by atoms with E-state index >= 15 is 0 Å². The van der Waals surface area contributed by atoms with E-state index in [4.69, 9.17) is 4.74 Å². The van der Waals surface area contributed by atoms with Gasteiger partial charge in [-0.3, -0.25) is 0 Å². The highest BCUT2D eigenvalue weighted by molar-refractivity contribution is 5.43. The van der Waals surface area contributed by atoms with Crippen LogP contribution in [-0.2, 0) is 6.42 Å². The van der Waals surface area contributed by atoms with Gasteiger partial charge in [-0.05, 0) is 37.0 Å². The van der Waals surface area contributed by atoms with Crippen molar-refractivity contribution in [1.82, 2.24) is 0 Å². The molecule has 2 atom stereocenters. The SMILES string of the molecule is CC1CCc2c(cccc2C(C)CO)O1. The van der Waals surface area contributed by atoms with Crippen LogP contribution in [0.1, 0.15) is 37.3 Å². The summed E-state index contributed by atoms with van der Waals surface area (Å²) in [5.74, 6) is 1.21. The molecule has 0 radical (unpaired) electrons. The highest BCUT2D eigenvalue weighted by Crippen LogP contribution is 2.33. The van der Waals surface area contributed by atoms with Crippen molar-refractivity contribution < 1.29 is 9.84 Å². The van der Waals surface area contributed by atoms with Crippen molar-refractivity contribution >= 4 is 0 Å². The first kappa shape index (κ1) is 10.5. The molecule has 0 bridgehead atoms. The summed E-state index contributed by atoms with van der Waals surface area (Å²) in [6.45, 7) is 4.35. The number of hydrogen-bond donors (Lipinski definition) is 1. The molecule has 0 saturated heterocycles. The van der Waals surface area contributed by atoms with Crippen LogP contribution in [0, 0.1) is 0 Å². The molecule has 1 heterocycles. The fraction of sp³-hybridized carbons (Fsp3) is 0.538. The first-order valence-electron chi connectivity index (χ1n) is 5.61. The maximum absolute atomic E-state index is 9.20. The van der Waals surface area contributed by atoms with E-state index in [1.165, 1.54) is 11.1 Å². The molecule has 1 N–H and O–H groups in total. The monoisotopic (exact) mass is 206 g/mol. The van der Waals surface area contributed by atoms with Gasteiger partial charge in [0.1, 0.15) is 5.75 Å². The minimum absolute atomic E-state index is 0.200. The maximum atomic E-state index is 9.20. The van der Waals surface area contributed by atoms with Crippen LogP contribution < -0.4 is 4.74 Å².